The van der Waals surface area contributed by atoms with Crippen molar-refractivity contribution in [3.8, 4) is 0 Å². The number of hydrogen-bond acceptors (Lipinski definition) is 5. The van der Waals surface area contributed by atoms with Gasteiger partial charge >= 0.3 is 0 Å². The van der Waals surface area contributed by atoms with Gasteiger partial charge in [-0.15, -0.1) is 0 Å². The highest BCUT2D eigenvalue weighted by Gasteiger charge is 2.61. The van der Waals surface area contributed by atoms with Crippen LogP contribution < -0.4 is 5.32 Å². The van der Waals surface area contributed by atoms with Crippen molar-refractivity contribution in [3.05, 3.63) is 59.5 Å². The molecule has 2 aliphatic heterocycles. The Kier molecular flexibility index (Phi) is 3.97. The van der Waals surface area contributed by atoms with Gasteiger partial charge in [0.05, 0.1) is 23.9 Å². The van der Waals surface area contributed by atoms with E-state index in [1.807, 2.05) is 24.3 Å². The molecule has 0 radical (unpaired) electrons. The largest absolute Gasteiger partial charge is 0.325 e. The van der Waals surface area contributed by atoms with Gasteiger partial charge in [-0.2, -0.15) is 14.5 Å². The van der Waals surface area contributed by atoms with Gasteiger partial charge in [0.25, 0.3) is 10.0 Å². The molecule has 9 nitrogen and oxygen atoms in total. The zero-order valence-electron chi connectivity index (χ0n) is 16.9. The molecule has 1 spiro atoms. The molecule has 1 saturated heterocycles. The third-order valence-electron chi connectivity index (χ3n) is 6.19. The minimum atomic E-state index is -3.92. The van der Waals surface area contributed by atoms with Crippen molar-refractivity contribution >= 4 is 21.6 Å². The van der Waals surface area contributed by atoms with E-state index in [1.54, 1.807) is 38.1 Å². The van der Waals surface area contributed by atoms with Crippen LogP contribution in [0.3, 0.4) is 0 Å². The summed E-state index contributed by atoms with van der Waals surface area (Å²) in [6.45, 7) is 1.94. The van der Waals surface area contributed by atoms with E-state index in [9.17, 15) is 13.2 Å². The van der Waals surface area contributed by atoms with Gasteiger partial charge < -0.3 is 5.32 Å². The molecule has 10 heteroatoms. The summed E-state index contributed by atoms with van der Waals surface area (Å²) in [6, 6.07) is 6.78. The van der Waals surface area contributed by atoms with Crippen molar-refractivity contribution in [2.75, 3.05) is 11.9 Å². The lowest BCUT2D eigenvalue weighted by molar-refractivity contribution is -0.121. The Bertz CT molecular complexity index is 1260. The number of para-hydroxylation sites is 1. The number of fused-ring (bicyclic) bond motifs is 2. The molecular formula is C20H22N6O3S. The molecule has 1 N–H and O–H groups in total. The Morgan fingerprint density at radius 2 is 1.93 bits per heavy atom. The number of benzene rings is 1. The minimum absolute atomic E-state index is 0.139. The van der Waals surface area contributed by atoms with Crippen LogP contribution in [0.2, 0.25) is 0 Å². The van der Waals surface area contributed by atoms with Gasteiger partial charge in [-0.3, -0.25) is 14.2 Å². The Hall–Kier alpha value is -2.98. The molecule has 3 aromatic rings. The Balaban J connectivity index is 1.74. The van der Waals surface area contributed by atoms with E-state index in [1.165, 1.54) is 15.2 Å². The lowest BCUT2D eigenvalue weighted by Crippen LogP contribution is -2.43. The second-order valence-corrected chi connectivity index (χ2v) is 9.75. The zero-order chi connectivity index (χ0) is 21.3. The van der Waals surface area contributed by atoms with Crippen LogP contribution in [0.25, 0.3) is 0 Å². The van der Waals surface area contributed by atoms with Crippen LogP contribution in [0.5, 0.6) is 0 Å². The van der Waals surface area contributed by atoms with Crippen molar-refractivity contribution in [2.24, 2.45) is 14.1 Å². The van der Waals surface area contributed by atoms with Crippen molar-refractivity contribution in [1.82, 2.24) is 23.9 Å². The van der Waals surface area contributed by atoms with Crippen LogP contribution in [0, 0.1) is 6.92 Å². The third kappa shape index (κ3) is 2.37. The highest BCUT2D eigenvalue weighted by atomic mass is 32.2. The van der Waals surface area contributed by atoms with Crippen LogP contribution in [-0.4, -0.2) is 44.7 Å². The Labute approximate surface area is 174 Å². The number of sulfonamides is 1. The normalized spacial score (nSPS) is 23.8. The van der Waals surface area contributed by atoms with Crippen molar-refractivity contribution in [3.63, 3.8) is 0 Å². The van der Waals surface area contributed by atoms with Gasteiger partial charge in [-0.25, -0.2) is 8.42 Å². The number of carbonyl (C=O) groups is 1. The predicted molar refractivity (Wildman–Crippen MR) is 109 cm³/mol. The molecule has 156 valence electrons. The first-order valence-electron chi connectivity index (χ1n) is 9.67. The average molecular weight is 427 g/mol. The summed E-state index contributed by atoms with van der Waals surface area (Å²) in [5.74, 6) is -0.183. The molecule has 0 aliphatic carbocycles. The molecule has 2 aliphatic rings. The summed E-state index contributed by atoms with van der Waals surface area (Å²) in [5, 5.41) is 11.5. The molecule has 2 atom stereocenters. The summed E-state index contributed by atoms with van der Waals surface area (Å²) in [7, 11) is -0.528. The van der Waals surface area contributed by atoms with Crippen LogP contribution >= 0.6 is 0 Å². The number of carbonyl (C=O) groups excluding carboxylic acids is 1. The quantitative estimate of drug-likeness (QED) is 0.684. The molecule has 4 heterocycles. The van der Waals surface area contributed by atoms with E-state index < -0.39 is 21.5 Å². The molecule has 0 saturated carbocycles. The van der Waals surface area contributed by atoms with Crippen molar-refractivity contribution in [1.29, 1.82) is 0 Å². The number of nitrogens with one attached hydrogen (secondary N) is 1. The van der Waals surface area contributed by atoms with E-state index in [0.717, 1.165) is 11.3 Å². The second-order valence-electron chi connectivity index (χ2n) is 7.94. The van der Waals surface area contributed by atoms with E-state index >= 15 is 0 Å². The number of hydrogen-bond donors (Lipinski definition) is 1. The summed E-state index contributed by atoms with van der Waals surface area (Å²) in [6.07, 6.45) is 5.34. The van der Waals surface area contributed by atoms with Crippen LogP contribution in [0.1, 0.15) is 29.2 Å². The molecule has 0 bridgehead atoms. The summed E-state index contributed by atoms with van der Waals surface area (Å²) < 4.78 is 32.0. The predicted octanol–water partition coefficient (Wildman–Crippen LogP) is 1.49. The maximum Gasteiger partial charge on any atom is 0.261 e. The molecule has 1 amide bonds. The van der Waals surface area contributed by atoms with Crippen molar-refractivity contribution in [2.45, 2.75) is 29.8 Å². The molecule has 1 fully saturated rings. The molecular weight excluding hydrogens is 404 g/mol. The fraction of sp³-hybridized carbons (Fsp3) is 0.350. The number of aromatic nitrogens is 4. The monoisotopic (exact) mass is 426 g/mol. The fourth-order valence-electron chi connectivity index (χ4n) is 4.96. The Morgan fingerprint density at radius 3 is 2.60 bits per heavy atom. The topological polar surface area (TPSA) is 102 Å². The molecule has 0 unspecified atom stereocenters. The van der Waals surface area contributed by atoms with Gasteiger partial charge in [0.2, 0.25) is 5.91 Å². The third-order valence-corrected chi connectivity index (χ3v) is 8.28. The fourth-order valence-corrected chi connectivity index (χ4v) is 6.94. The maximum atomic E-state index is 13.8. The van der Waals surface area contributed by atoms with Crippen molar-refractivity contribution < 1.29 is 13.2 Å². The van der Waals surface area contributed by atoms with Crippen LogP contribution in [0.4, 0.5) is 5.69 Å². The lowest BCUT2D eigenvalue weighted by atomic mass is 9.73. The first-order valence-corrected chi connectivity index (χ1v) is 11.1. The standard InChI is InChI=1S/C20H22N6O3S/c1-13-10-22-25(3)18(13)30(28,29)26-9-8-20(17(26)14-11-21-24(2)12-14)15-6-4-5-7-16(15)23-19(20)27/h4-7,10-12,17H,8-9H2,1-3H3,(H,23,27)/t17-,20+/m0/s1. The molecule has 30 heavy (non-hydrogen) atoms. The average Bonchev–Trinajstić information content (AvgIpc) is 3.44. The van der Waals surface area contributed by atoms with E-state index in [2.05, 4.69) is 15.5 Å². The number of aryl methyl sites for hydroxylation is 3. The number of rotatable bonds is 3. The SMILES string of the molecule is Cc1cnn(C)c1S(=O)(=O)N1CC[C@]2(C(=O)Nc3ccccc32)[C@@H]1c1cnn(C)c1. The van der Waals surface area contributed by atoms with E-state index in [4.69, 9.17) is 0 Å². The second kappa shape index (κ2) is 6.26. The van der Waals surface area contributed by atoms with Gasteiger partial charge in [0.15, 0.2) is 5.03 Å². The maximum absolute atomic E-state index is 13.8. The Morgan fingerprint density at radius 1 is 1.17 bits per heavy atom. The number of nitrogens with zero attached hydrogens (tertiary/aromatic N) is 5. The number of amides is 1. The van der Waals surface area contributed by atoms with E-state index in [0.29, 0.717) is 17.5 Å². The molecule has 2 aromatic heterocycles. The van der Waals surface area contributed by atoms with Crippen LogP contribution in [-0.2, 0) is 34.3 Å². The highest BCUT2D eigenvalue weighted by Crippen LogP contribution is 2.55. The summed E-state index contributed by atoms with van der Waals surface area (Å²) >= 11 is 0. The highest BCUT2D eigenvalue weighted by molar-refractivity contribution is 7.89. The first-order chi connectivity index (χ1) is 14.3. The minimum Gasteiger partial charge on any atom is -0.325 e. The zero-order valence-corrected chi connectivity index (χ0v) is 17.7. The smallest absolute Gasteiger partial charge is 0.261 e. The van der Waals surface area contributed by atoms with Gasteiger partial charge in [0, 0.05) is 43.7 Å². The lowest BCUT2D eigenvalue weighted by Gasteiger charge is -2.33. The van der Waals surface area contributed by atoms with Crippen LogP contribution in [0.15, 0.2) is 47.9 Å². The van der Waals surface area contributed by atoms with Gasteiger partial charge in [0.1, 0.15) is 0 Å². The van der Waals surface area contributed by atoms with Gasteiger partial charge in [-0.05, 0) is 25.0 Å². The van der Waals surface area contributed by atoms with E-state index in [-0.39, 0.29) is 17.5 Å². The number of anilines is 1. The summed E-state index contributed by atoms with van der Waals surface area (Å²) in [4.78, 5) is 13.4. The first kappa shape index (κ1) is 19.0. The molecule has 5 rings (SSSR count). The summed E-state index contributed by atoms with van der Waals surface area (Å²) in [5.41, 5.74) is 1.79. The van der Waals surface area contributed by atoms with Gasteiger partial charge in [-0.1, -0.05) is 18.2 Å². The molecule has 1 aromatic carbocycles.